The third-order valence-electron chi connectivity index (χ3n) is 5.79. The van der Waals surface area contributed by atoms with E-state index in [2.05, 4.69) is 0 Å². The summed E-state index contributed by atoms with van der Waals surface area (Å²) in [6.45, 7) is 0.849. The monoisotopic (exact) mass is 412 g/mol. The lowest BCUT2D eigenvalue weighted by Crippen LogP contribution is -2.50. The van der Waals surface area contributed by atoms with Crippen molar-refractivity contribution in [3.05, 3.63) is 52.4 Å². The number of methoxy groups -OCH3 is 1. The van der Waals surface area contributed by atoms with Gasteiger partial charge in [-0.15, -0.1) is 0 Å². The number of carboxylic acids is 1. The number of ether oxygens (including phenoxy) is 2. The van der Waals surface area contributed by atoms with Gasteiger partial charge in [0.05, 0.1) is 7.11 Å². The summed E-state index contributed by atoms with van der Waals surface area (Å²) in [6.07, 6.45) is 0.909. The summed E-state index contributed by atoms with van der Waals surface area (Å²) in [5, 5.41) is 8.68. The van der Waals surface area contributed by atoms with E-state index >= 15 is 0 Å². The highest BCUT2D eigenvalue weighted by Gasteiger charge is 2.37. The van der Waals surface area contributed by atoms with Gasteiger partial charge in [0.2, 0.25) is 5.91 Å². The molecule has 0 radical (unpaired) electrons. The highest BCUT2D eigenvalue weighted by Crippen LogP contribution is 2.40. The Morgan fingerprint density at radius 2 is 1.83 bits per heavy atom. The molecular formula is C22H24N2O6. The molecule has 1 fully saturated rings. The second-order valence-electron chi connectivity index (χ2n) is 7.79. The standard InChI is InChI=1S/C22H24N2O6/c1-29-17-4-2-15(3-5-17)18-6-7-19(25)24-10-14-8-16(22(18)24)11-23(9-14)20(26)12-30-13-21(27)28/h2-7,14,16H,8-13H2,1H3,(H,27,28). The molecule has 0 saturated carbocycles. The molecule has 2 atom stereocenters. The van der Waals surface area contributed by atoms with E-state index in [4.69, 9.17) is 14.6 Å². The lowest BCUT2D eigenvalue weighted by atomic mass is 9.80. The molecular weight excluding hydrogens is 388 g/mol. The summed E-state index contributed by atoms with van der Waals surface area (Å²) in [5.41, 5.74) is 2.90. The number of carbonyl (C=O) groups excluding carboxylic acids is 1. The first kappa shape index (κ1) is 20.2. The Balaban J connectivity index is 1.62. The summed E-state index contributed by atoms with van der Waals surface area (Å²) in [7, 11) is 1.62. The van der Waals surface area contributed by atoms with Crippen LogP contribution < -0.4 is 10.3 Å². The highest BCUT2D eigenvalue weighted by atomic mass is 16.5. The maximum Gasteiger partial charge on any atom is 0.329 e. The van der Waals surface area contributed by atoms with Crippen LogP contribution in [0, 0.1) is 5.92 Å². The van der Waals surface area contributed by atoms with E-state index in [9.17, 15) is 14.4 Å². The first-order valence-corrected chi connectivity index (χ1v) is 9.91. The lowest BCUT2D eigenvalue weighted by molar-refractivity contribution is -0.146. The zero-order chi connectivity index (χ0) is 21.3. The summed E-state index contributed by atoms with van der Waals surface area (Å²) < 4.78 is 12.1. The van der Waals surface area contributed by atoms with Crippen molar-refractivity contribution >= 4 is 11.9 Å². The number of amides is 1. The lowest BCUT2D eigenvalue weighted by Gasteiger charge is -2.43. The Morgan fingerprint density at radius 1 is 1.07 bits per heavy atom. The SMILES string of the molecule is COc1ccc(-c2ccc(=O)n3c2C2CC(CN(C(=O)COCC(=O)O)C2)C3)cc1. The van der Waals surface area contributed by atoms with Gasteiger partial charge in [0.25, 0.3) is 5.56 Å². The number of benzene rings is 1. The molecule has 158 valence electrons. The Labute approximate surface area is 173 Å². The number of aliphatic carboxylic acids is 1. The average Bonchev–Trinajstić information content (AvgIpc) is 2.74. The number of pyridine rings is 1. The third kappa shape index (κ3) is 3.95. The molecule has 1 saturated heterocycles. The van der Waals surface area contributed by atoms with Crippen LogP contribution in [0.1, 0.15) is 18.0 Å². The molecule has 4 rings (SSSR count). The van der Waals surface area contributed by atoms with Gasteiger partial charge in [0.15, 0.2) is 0 Å². The van der Waals surface area contributed by atoms with E-state index in [0.717, 1.165) is 29.0 Å². The van der Waals surface area contributed by atoms with Gasteiger partial charge in [-0.25, -0.2) is 4.79 Å². The predicted molar refractivity (Wildman–Crippen MR) is 109 cm³/mol. The normalized spacial score (nSPS) is 19.8. The average molecular weight is 412 g/mol. The van der Waals surface area contributed by atoms with E-state index < -0.39 is 12.6 Å². The number of hydrogen-bond acceptors (Lipinski definition) is 5. The zero-order valence-corrected chi connectivity index (χ0v) is 16.7. The maximum atomic E-state index is 12.6. The molecule has 0 spiro atoms. The van der Waals surface area contributed by atoms with Crippen LogP contribution in [0.4, 0.5) is 0 Å². The molecule has 1 N–H and O–H groups in total. The fraction of sp³-hybridized carbons (Fsp3) is 0.409. The molecule has 2 bridgehead atoms. The number of rotatable bonds is 6. The van der Waals surface area contributed by atoms with E-state index in [1.165, 1.54) is 0 Å². The Morgan fingerprint density at radius 3 is 2.53 bits per heavy atom. The van der Waals surface area contributed by atoms with Crippen molar-refractivity contribution in [3.63, 3.8) is 0 Å². The minimum Gasteiger partial charge on any atom is -0.497 e. The minimum atomic E-state index is -1.10. The topological polar surface area (TPSA) is 98.1 Å². The van der Waals surface area contributed by atoms with Crippen LogP contribution in [-0.2, 0) is 20.9 Å². The van der Waals surface area contributed by atoms with Gasteiger partial charge in [-0.05, 0) is 36.1 Å². The van der Waals surface area contributed by atoms with Gasteiger partial charge in [-0.1, -0.05) is 12.1 Å². The van der Waals surface area contributed by atoms with Gasteiger partial charge in [-0.2, -0.15) is 0 Å². The molecule has 1 aromatic carbocycles. The number of piperidine rings is 1. The van der Waals surface area contributed by atoms with Gasteiger partial charge in [0, 0.05) is 42.9 Å². The largest absolute Gasteiger partial charge is 0.497 e. The molecule has 2 unspecified atom stereocenters. The van der Waals surface area contributed by atoms with Crippen molar-refractivity contribution in [2.45, 2.75) is 18.9 Å². The Bertz CT molecular complexity index is 1010. The summed E-state index contributed by atoms with van der Waals surface area (Å²) in [5.74, 6) is -0.341. The Kier molecular flexibility index (Phi) is 5.59. The molecule has 2 aliphatic rings. The predicted octanol–water partition coefficient (Wildman–Crippen LogP) is 1.57. The quantitative estimate of drug-likeness (QED) is 0.774. The van der Waals surface area contributed by atoms with Crippen LogP contribution in [0.3, 0.4) is 0 Å². The second-order valence-corrected chi connectivity index (χ2v) is 7.79. The number of carbonyl (C=O) groups is 2. The van der Waals surface area contributed by atoms with Crippen molar-refractivity contribution in [2.24, 2.45) is 5.92 Å². The summed E-state index contributed by atoms with van der Waals surface area (Å²) in [6, 6.07) is 11.2. The van der Waals surface area contributed by atoms with E-state index in [1.54, 1.807) is 18.1 Å². The highest BCUT2D eigenvalue weighted by molar-refractivity contribution is 5.78. The van der Waals surface area contributed by atoms with Crippen molar-refractivity contribution in [1.29, 1.82) is 0 Å². The molecule has 2 aromatic rings. The van der Waals surface area contributed by atoms with Gasteiger partial charge in [-0.3, -0.25) is 9.59 Å². The van der Waals surface area contributed by atoms with Gasteiger partial charge < -0.3 is 24.0 Å². The molecule has 0 aliphatic carbocycles. The molecule has 3 heterocycles. The van der Waals surface area contributed by atoms with E-state index in [0.29, 0.717) is 19.6 Å². The van der Waals surface area contributed by atoms with Crippen molar-refractivity contribution in [3.8, 4) is 16.9 Å². The fourth-order valence-electron chi connectivity index (χ4n) is 4.55. The molecule has 30 heavy (non-hydrogen) atoms. The van der Waals surface area contributed by atoms with Gasteiger partial charge in [0.1, 0.15) is 19.0 Å². The van der Waals surface area contributed by atoms with E-state index in [-0.39, 0.29) is 29.9 Å². The van der Waals surface area contributed by atoms with Crippen LogP contribution in [0.2, 0.25) is 0 Å². The first-order chi connectivity index (χ1) is 14.5. The number of aromatic nitrogens is 1. The van der Waals surface area contributed by atoms with Crippen LogP contribution in [0.5, 0.6) is 5.75 Å². The van der Waals surface area contributed by atoms with Crippen LogP contribution in [0.25, 0.3) is 11.1 Å². The molecule has 8 heteroatoms. The maximum absolute atomic E-state index is 12.6. The Hall–Kier alpha value is -3.13. The van der Waals surface area contributed by atoms with Crippen molar-refractivity contribution in [1.82, 2.24) is 9.47 Å². The summed E-state index contributed by atoms with van der Waals surface area (Å²) in [4.78, 5) is 37.5. The number of likely N-dealkylation sites (tertiary alicyclic amines) is 1. The third-order valence-corrected chi connectivity index (χ3v) is 5.79. The number of hydrogen-bond donors (Lipinski definition) is 1. The minimum absolute atomic E-state index is 0.0264. The zero-order valence-electron chi connectivity index (χ0n) is 16.7. The molecule has 8 nitrogen and oxygen atoms in total. The number of carboxylic acid groups (broad SMARTS) is 1. The molecule has 1 aromatic heterocycles. The van der Waals surface area contributed by atoms with Gasteiger partial charge >= 0.3 is 5.97 Å². The molecule has 2 aliphatic heterocycles. The van der Waals surface area contributed by atoms with Crippen molar-refractivity contribution in [2.75, 3.05) is 33.4 Å². The fourth-order valence-corrected chi connectivity index (χ4v) is 4.55. The van der Waals surface area contributed by atoms with Crippen LogP contribution in [-0.4, -0.2) is 59.9 Å². The van der Waals surface area contributed by atoms with Crippen molar-refractivity contribution < 1.29 is 24.2 Å². The summed E-state index contributed by atoms with van der Waals surface area (Å²) >= 11 is 0. The van der Waals surface area contributed by atoms with Crippen LogP contribution in [0.15, 0.2) is 41.2 Å². The smallest absolute Gasteiger partial charge is 0.329 e. The number of fused-ring (bicyclic) bond motifs is 4. The van der Waals surface area contributed by atoms with E-state index in [1.807, 2.05) is 34.9 Å². The number of nitrogens with zero attached hydrogens (tertiary/aromatic N) is 2. The second kappa shape index (κ2) is 8.31. The first-order valence-electron chi connectivity index (χ1n) is 9.91. The molecule has 1 amide bonds. The van der Waals surface area contributed by atoms with Crippen LogP contribution >= 0.6 is 0 Å².